The molecular weight excluding hydrogens is 196 g/mol. The predicted molar refractivity (Wildman–Crippen MR) is 57.9 cm³/mol. The molecule has 2 N–H and O–H groups in total. The van der Waals surface area contributed by atoms with Crippen LogP contribution in [0.4, 0.5) is 0 Å². The van der Waals surface area contributed by atoms with Crippen molar-refractivity contribution in [2.75, 3.05) is 5.88 Å². The molecule has 62 valence electrons. The first kappa shape index (κ1) is 10.9. The molecule has 0 heterocycles. The Morgan fingerprint density at radius 3 is 2.80 bits per heavy atom. The Bertz CT molecular complexity index is 75.5. The van der Waals surface area contributed by atoms with E-state index in [4.69, 9.17) is 11.6 Å². The van der Waals surface area contributed by atoms with Crippen LogP contribution in [0.25, 0.3) is 0 Å². The van der Waals surface area contributed by atoms with Crippen LogP contribution in [0.3, 0.4) is 0 Å². The van der Waals surface area contributed by atoms with Crippen molar-refractivity contribution in [3.8, 4) is 0 Å². The second-order valence-corrected chi connectivity index (χ2v) is 8.94. The minimum absolute atomic E-state index is 0.0560. The first-order chi connectivity index (χ1) is 4.85. The lowest BCUT2D eigenvalue weighted by Crippen LogP contribution is -2.47. The van der Waals surface area contributed by atoms with Gasteiger partial charge >= 0.3 is 0 Å². The summed E-state index contributed by atoms with van der Waals surface area (Å²) in [6.07, 6.45) is 1.18. The molecule has 0 rings (SSSR count). The third-order valence-electron chi connectivity index (χ3n) is 1.43. The van der Waals surface area contributed by atoms with E-state index < -0.39 is 9.12 Å². The van der Waals surface area contributed by atoms with Crippen LogP contribution in [-0.2, 0) is 0 Å². The molecule has 0 bridgehead atoms. The number of hydrogen-bond donors (Lipinski definition) is 2. The minimum Gasteiger partial charge on any atom is -0.358 e. The lowest BCUT2D eigenvalue weighted by molar-refractivity contribution is 1.04. The fourth-order valence-corrected chi connectivity index (χ4v) is 8.50. The van der Waals surface area contributed by atoms with Gasteiger partial charge in [0.15, 0.2) is 9.12 Å². The van der Waals surface area contributed by atoms with Gasteiger partial charge in [-0.15, -0.1) is 11.6 Å². The average molecular weight is 213 g/mol. The molecule has 1 unspecified atom stereocenters. The predicted octanol–water partition coefficient (Wildman–Crippen LogP) is -1.57. The summed E-state index contributed by atoms with van der Waals surface area (Å²) >= 11 is 5.59. The lowest BCUT2D eigenvalue weighted by Gasteiger charge is -2.13. The van der Waals surface area contributed by atoms with E-state index in [1.165, 1.54) is 12.5 Å². The highest BCUT2D eigenvalue weighted by Gasteiger charge is 2.03. The zero-order valence-corrected chi connectivity index (χ0v) is 12.1. The van der Waals surface area contributed by atoms with Crippen molar-refractivity contribution < 1.29 is 0 Å². The zero-order valence-electron chi connectivity index (χ0n) is 6.78. The molecule has 0 aliphatic rings. The van der Waals surface area contributed by atoms with Gasteiger partial charge < -0.3 is 9.30 Å². The van der Waals surface area contributed by atoms with Gasteiger partial charge in [-0.25, -0.2) is 0 Å². The Hall–Kier alpha value is 0.861. The van der Waals surface area contributed by atoms with Crippen LogP contribution in [0.1, 0.15) is 6.42 Å². The maximum Gasteiger partial charge on any atom is 0.170 e. The van der Waals surface area contributed by atoms with E-state index in [1.807, 2.05) is 0 Å². The van der Waals surface area contributed by atoms with Crippen LogP contribution < -0.4 is 9.30 Å². The van der Waals surface area contributed by atoms with Crippen molar-refractivity contribution in [1.29, 1.82) is 0 Å². The smallest absolute Gasteiger partial charge is 0.170 e. The minimum atomic E-state index is -0.692. The molecule has 0 aliphatic carbocycles. The SMILES string of the molecule is C[SiH2]N[SiH](CCCCl)N[SiH3]. The summed E-state index contributed by atoms with van der Waals surface area (Å²) in [7, 11) is 0.496. The van der Waals surface area contributed by atoms with E-state index in [-0.39, 0.29) is 9.68 Å². The largest absolute Gasteiger partial charge is 0.358 e. The molecule has 0 saturated heterocycles. The van der Waals surface area contributed by atoms with Crippen LogP contribution in [0.2, 0.25) is 12.6 Å². The molecule has 6 heteroatoms. The summed E-state index contributed by atoms with van der Waals surface area (Å²) < 4.78 is 7.09. The first-order valence-corrected chi connectivity index (χ1v) is 9.44. The van der Waals surface area contributed by atoms with Crippen LogP contribution in [0.5, 0.6) is 0 Å². The number of nitrogens with one attached hydrogen (secondary N) is 2. The van der Waals surface area contributed by atoms with Gasteiger partial charge in [-0.3, -0.25) is 0 Å². The summed E-state index contributed by atoms with van der Waals surface area (Å²) in [6.45, 7) is 2.29. The Morgan fingerprint density at radius 2 is 2.40 bits per heavy atom. The summed E-state index contributed by atoms with van der Waals surface area (Å²) in [5.41, 5.74) is 0. The van der Waals surface area contributed by atoms with Gasteiger partial charge in [0.25, 0.3) is 0 Å². The van der Waals surface area contributed by atoms with Gasteiger partial charge in [0, 0.05) is 5.88 Å². The Kier molecular flexibility index (Phi) is 8.65. The van der Waals surface area contributed by atoms with Gasteiger partial charge in [0.2, 0.25) is 0 Å². The molecule has 10 heavy (non-hydrogen) atoms. The molecule has 0 radical (unpaired) electrons. The van der Waals surface area contributed by atoms with Crippen molar-refractivity contribution >= 4 is 40.8 Å². The first-order valence-electron chi connectivity index (χ1n) is 3.81. The Morgan fingerprint density at radius 1 is 1.70 bits per heavy atom. The van der Waals surface area contributed by atoms with Crippen LogP contribution in [0.15, 0.2) is 0 Å². The number of alkyl halides is 1. The topological polar surface area (TPSA) is 24.1 Å². The fourth-order valence-electron chi connectivity index (χ4n) is 0.876. The molecule has 0 saturated carbocycles. The monoisotopic (exact) mass is 212 g/mol. The van der Waals surface area contributed by atoms with Crippen molar-refractivity contribution in [2.45, 2.75) is 19.0 Å². The molecule has 0 amide bonds. The van der Waals surface area contributed by atoms with Gasteiger partial charge in [0.05, 0.1) is 20.1 Å². The Balaban J connectivity index is 3.21. The summed E-state index contributed by atoms with van der Waals surface area (Å²) in [6, 6.07) is 1.31. The van der Waals surface area contributed by atoms with E-state index >= 15 is 0 Å². The molecular formula is C4H17ClN2Si3. The van der Waals surface area contributed by atoms with E-state index in [2.05, 4.69) is 15.8 Å². The van der Waals surface area contributed by atoms with Gasteiger partial charge in [0.1, 0.15) is 0 Å². The molecule has 0 aromatic rings. The second-order valence-electron chi connectivity index (χ2n) is 2.23. The van der Waals surface area contributed by atoms with E-state index in [0.29, 0.717) is 0 Å². The molecule has 0 aliphatic heterocycles. The maximum atomic E-state index is 5.59. The van der Waals surface area contributed by atoms with E-state index in [9.17, 15) is 0 Å². The molecule has 0 spiro atoms. The number of halogens is 1. The summed E-state index contributed by atoms with van der Waals surface area (Å²) in [4.78, 5) is 0. The van der Waals surface area contributed by atoms with Crippen LogP contribution in [0, 0.1) is 0 Å². The fraction of sp³-hybridized carbons (Fsp3) is 1.00. The van der Waals surface area contributed by atoms with Crippen LogP contribution in [-0.4, -0.2) is 35.1 Å². The average Bonchev–Trinajstić information content (AvgIpc) is 1.98. The summed E-state index contributed by atoms with van der Waals surface area (Å²) in [5, 5.41) is 0. The maximum absolute atomic E-state index is 5.59. The van der Waals surface area contributed by atoms with Crippen LogP contribution >= 0.6 is 11.6 Å². The van der Waals surface area contributed by atoms with Gasteiger partial charge in [-0.2, -0.15) is 0 Å². The van der Waals surface area contributed by atoms with Gasteiger partial charge in [-0.1, -0.05) is 6.55 Å². The number of rotatable bonds is 6. The standard InChI is InChI=1S/C4H17ClN2Si3/c1-9-7-10(6-8)4-2-3-5/h6-7,10H,2-4,9H2,1,8H3. The van der Waals surface area contributed by atoms with E-state index in [1.54, 1.807) is 0 Å². The lowest BCUT2D eigenvalue weighted by atomic mass is 10.6. The highest BCUT2D eigenvalue weighted by atomic mass is 35.5. The van der Waals surface area contributed by atoms with Crippen molar-refractivity contribution in [1.82, 2.24) is 9.30 Å². The molecule has 0 aromatic heterocycles. The second kappa shape index (κ2) is 7.96. The van der Waals surface area contributed by atoms with Crippen molar-refractivity contribution in [2.24, 2.45) is 0 Å². The van der Waals surface area contributed by atoms with Gasteiger partial charge in [-0.05, 0) is 12.5 Å². The molecule has 2 nitrogen and oxygen atoms in total. The highest BCUT2D eigenvalue weighted by Crippen LogP contribution is 1.93. The molecule has 1 atom stereocenters. The zero-order chi connectivity index (χ0) is 7.82. The number of hydrogen-bond acceptors (Lipinski definition) is 2. The Labute approximate surface area is 75.3 Å². The van der Waals surface area contributed by atoms with Crippen molar-refractivity contribution in [3.63, 3.8) is 0 Å². The van der Waals surface area contributed by atoms with Crippen molar-refractivity contribution in [3.05, 3.63) is 0 Å². The third-order valence-corrected chi connectivity index (χ3v) is 9.07. The highest BCUT2D eigenvalue weighted by molar-refractivity contribution is 6.66. The molecule has 0 fully saturated rings. The molecule has 0 aromatic carbocycles. The quantitative estimate of drug-likeness (QED) is 0.411. The third kappa shape index (κ3) is 5.63. The normalized spacial score (nSPS) is 15.0. The van der Waals surface area contributed by atoms with E-state index in [0.717, 1.165) is 16.3 Å². The summed E-state index contributed by atoms with van der Waals surface area (Å²) in [5.74, 6) is 0.819.